The maximum Gasteiger partial charge on any atom is 0.0381 e. The van der Waals surface area contributed by atoms with Crippen molar-refractivity contribution in [1.82, 2.24) is 0 Å². The van der Waals surface area contributed by atoms with Gasteiger partial charge in [-0.3, -0.25) is 0 Å². The number of hydrogen-bond acceptors (Lipinski definition) is 2. The molecular formula is C13H21BrN2. The van der Waals surface area contributed by atoms with Gasteiger partial charge in [-0.25, -0.2) is 0 Å². The maximum atomic E-state index is 5.76. The first-order valence-corrected chi connectivity index (χ1v) is 6.54. The monoisotopic (exact) mass is 284 g/mol. The molecule has 1 aromatic rings. The van der Waals surface area contributed by atoms with Gasteiger partial charge in [-0.1, -0.05) is 35.8 Å². The normalized spacial score (nSPS) is 12.9. The molecule has 0 spiro atoms. The molecule has 1 unspecified atom stereocenters. The second kappa shape index (κ2) is 6.26. The van der Waals surface area contributed by atoms with Crippen LogP contribution in [0.15, 0.2) is 22.7 Å². The first-order chi connectivity index (χ1) is 7.54. The van der Waals surface area contributed by atoms with Crippen molar-refractivity contribution in [3.05, 3.63) is 28.2 Å². The largest absolute Gasteiger partial charge is 0.384 e. The van der Waals surface area contributed by atoms with Gasteiger partial charge in [0.1, 0.15) is 0 Å². The van der Waals surface area contributed by atoms with Crippen LogP contribution in [0.5, 0.6) is 0 Å². The van der Waals surface area contributed by atoms with E-state index in [0.717, 1.165) is 17.6 Å². The van der Waals surface area contributed by atoms with Crippen LogP contribution >= 0.6 is 15.9 Å². The molecule has 0 aliphatic heterocycles. The lowest BCUT2D eigenvalue weighted by molar-refractivity contribution is 0.413. The summed E-state index contributed by atoms with van der Waals surface area (Å²) in [5, 5.41) is 3.48. The average molecular weight is 285 g/mol. The first-order valence-electron chi connectivity index (χ1n) is 5.74. The summed E-state index contributed by atoms with van der Waals surface area (Å²) < 4.78 is 1.11. The van der Waals surface area contributed by atoms with Crippen LogP contribution in [0.1, 0.15) is 19.4 Å². The molecular weight excluding hydrogens is 264 g/mol. The zero-order chi connectivity index (χ0) is 12.1. The zero-order valence-corrected chi connectivity index (χ0v) is 11.8. The molecule has 2 nitrogen and oxygen atoms in total. The second-order valence-electron chi connectivity index (χ2n) is 4.58. The van der Waals surface area contributed by atoms with Crippen LogP contribution in [0.3, 0.4) is 0 Å². The van der Waals surface area contributed by atoms with Crippen molar-refractivity contribution in [3.63, 3.8) is 0 Å². The number of anilines is 1. The van der Waals surface area contributed by atoms with Crippen molar-refractivity contribution in [2.45, 2.75) is 20.8 Å². The molecule has 0 heterocycles. The van der Waals surface area contributed by atoms with Crippen LogP contribution in [-0.2, 0) is 0 Å². The summed E-state index contributed by atoms with van der Waals surface area (Å²) in [4.78, 5) is 0. The molecule has 0 amide bonds. The number of hydrogen-bond donors (Lipinski definition) is 2. The van der Waals surface area contributed by atoms with E-state index < -0.39 is 0 Å². The van der Waals surface area contributed by atoms with E-state index in [4.69, 9.17) is 5.73 Å². The number of benzene rings is 1. The average Bonchev–Trinajstić information content (AvgIpc) is 2.23. The lowest BCUT2D eigenvalue weighted by atomic mass is 9.96. The van der Waals surface area contributed by atoms with Crippen LogP contribution in [-0.4, -0.2) is 13.1 Å². The van der Waals surface area contributed by atoms with Crippen LogP contribution in [0.2, 0.25) is 0 Å². The quantitative estimate of drug-likeness (QED) is 0.870. The number of nitrogens with two attached hydrogens (primary N) is 1. The van der Waals surface area contributed by atoms with Crippen molar-refractivity contribution < 1.29 is 0 Å². The fraction of sp³-hybridized carbons (Fsp3) is 0.538. The third kappa shape index (κ3) is 3.80. The lowest BCUT2D eigenvalue weighted by Crippen LogP contribution is -2.27. The Balaban J connectivity index is 2.63. The fourth-order valence-corrected chi connectivity index (χ4v) is 1.98. The molecule has 0 fully saturated rings. The minimum atomic E-state index is 0.526. The molecule has 0 saturated heterocycles. The summed E-state index contributed by atoms with van der Waals surface area (Å²) in [5.41, 5.74) is 8.21. The highest BCUT2D eigenvalue weighted by Gasteiger charge is 2.11. The number of rotatable bonds is 5. The van der Waals surface area contributed by atoms with Crippen molar-refractivity contribution in [1.29, 1.82) is 0 Å². The summed E-state index contributed by atoms with van der Waals surface area (Å²) in [5.74, 6) is 1.14. The van der Waals surface area contributed by atoms with Gasteiger partial charge in [-0.15, -0.1) is 0 Å². The molecule has 0 saturated carbocycles. The van der Waals surface area contributed by atoms with Crippen LogP contribution in [0, 0.1) is 18.8 Å². The summed E-state index contributed by atoms with van der Waals surface area (Å²) in [7, 11) is 0. The molecule has 0 radical (unpaired) electrons. The van der Waals surface area contributed by atoms with Gasteiger partial charge in [-0.05, 0) is 43.0 Å². The molecule has 0 bridgehead atoms. The summed E-state index contributed by atoms with van der Waals surface area (Å²) in [6, 6.07) is 6.28. The zero-order valence-electron chi connectivity index (χ0n) is 10.3. The minimum Gasteiger partial charge on any atom is -0.384 e. The van der Waals surface area contributed by atoms with Gasteiger partial charge in [0.05, 0.1) is 0 Å². The molecule has 0 aliphatic rings. The Hall–Kier alpha value is -0.540. The van der Waals surface area contributed by atoms with E-state index in [1.807, 2.05) is 0 Å². The SMILES string of the molecule is Cc1ccc(Br)cc1NCC(CN)C(C)C. The molecule has 1 atom stereocenters. The van der Waals surface area contributed by atoms with E-state index >= 15 is 0 Å². The van der Waals surface area contributed by atoms with E-state index in [-0.39, 0.29) is 0 Å². The van der Waals surface area contributed by atoms with Gasteiger partial charge in [0.2, 0.25) is 0 Å². The molecule has 1 rings (SSSR count). The Bertz CT molecular complexity index is 337. The van der Waals surface area contributed by atoms with Crippen LogP contribution in [0.25, 0.3) is 0 Å². The highest BCUT2D eigenvalue weighted by molar-refractivity contribution is 9.10. The number of aryl methyl sites for hydroxylation is 1. The van der Waals surface area contributed by atoms with Gasteiger partial charge in [-0.2, -0.15) is 0 Å². The van der Waals surface area contributed by atoms with Gasteiger partial charge in [0.15, 0.2) is 0 Å². The molecule has 0 aliphatic carbocycles. The van der Waals surface area contributed by atoms with Gasteiger partial charge in [0, 0.05) is 16.7 Å². The van der Waals surface area contributed by atoms with Gasteiger partial charge < -0.3 is 11.1 Å². The molecule has 16 heavy (non-hydrogen) atoms. The molecule has 1 aromatic carbocycles. The predicted molar refractivity (Wildman–Crippen MR) is 74.8 cm³/mol. The lowest BCUT2D eigenvalue weighted by Gasteiger charge is -2.20. The Kier molecular flexibility index (Phi) is 5.29. The molecule has 90 valence electrons. The van der Waals surface area contributed by atoms with Gasteiger partial charge in [0.25, 0.3) is 0 Å². The Morgan fingerprint density at radius 3 is 2.62 bits per heavy atom. The Labute approximate surface area is 107 Å². The van der Waals surface area contributed by atoms with Crippen LogP contribution in [0.4, 0.5) is 5.69 Å². The predicted octanol–water partition coefficient (Wildman–Crippen LogP) is 3.40. The Morgan fingerprint density at radius 1 is 1.38 bits per heavy atom. The van der Waals surface area contributed by atoms with Crippen molar-refractivity contribution in [2.75, 3.05) is 18.4 Å². The van der Waals surface area contributed by atoms with Gasteiger partial charge >= 0.3 is 0 Å². The van der Waals surface area contributed by atoms with E-state index in [0.29, 0.717) is 11.8 Å². The molecule has 3 heteroatoms. The highest BCUT2D eigenvalue weighted by atomic mass is 79.9. The summed E-state index contributed by atoms with van der Waals surface area (Å²) in [6.07, 6.45) is 0. The van der Waals surface area contributed by atoms with Crippen LogP contribution < -0.4 is 11.1 Å². The minimum absolute atomic E-state index is 0.526. The van der Waals surface area contributed by atoms with Crippen molar-refractivity contribution in [3.8, 4) is 0 Å². The number of halogens is 1. The van der Waals surface area contributed by atoms with E-state index in [2.05, 4.69) is 60.2 Å². The summed E-state index contributed by atoms with van der Waals surface area (Å²) >= 11 is 3.48. The molecule has 3 N–H and O–H groups in total. The molecule has 0 aromatic heterocycles. The standard InChI is InChI=1S/C13H21BrN2/c1-9(2)11(7-15)8-16-13-6-12(14)5-4-10(13)3/h4-6,9,11,16H,7-8,15H2,1-3H3. The van der Waals surface area contributed by atoms with E-state index in [1.165, 1.54) is 11.3 Å². The topological polar surface area (TPSA) is 38.0 Å². The third-order valence-electron chi connectivity index (χ3n) is 3.00. The van der Waals surface area contributed by atoms with E-state index in [1.54, 1.807) is 0 Å². The number of nitrogens with one attached hydrogen (secondary N) is 1. The fourth-order valence-electron chi connectivity index (χ4n) is 1.62. The summed E-state index contributed by atoms with van der Waals surface area (Å²) in [6.45, 7) is 8.21. The highest BCUT2D eigenvalue weighted by Crippen LogP contribution is 2.21. The van der Waals surface area contributed by atoms with Crippen molar-refractivity contribution >= 4 is 21.6 Å². The first kappa shape index (κ1) is 13.5. The smallest absolute Gasteiger partial charge is 0.0381 e. The Morgan fingerprint density at radius 2 is 2.06 bits per heavy atom. The second-order valence-corrected chi connectivity index (χ2v) is 5.50. The van der Waals surface area contributed by atoms with Crippen molar-refractivity contribution in [2.24, 2.45) is 17.6 Å². The third-order valence-corrected chi connectivity index (χ3v) is 3.49. The maximum absolute atomic E-state index is 5.76. The van der Waals surface area contributed by atoms with E-state index in [9.17, 15) is 0 Å².